The highest BCUT2D eigenvalue weighted by molar-refractivity contribution is 7.91. The molecule has 1 aliphatic carbocycles. The van der Waals surface area contributed by atoms with Gasteiger partial charge in [0.25, 0.3) is 5.69 Å². The Balaban J connectivity index is 2.56. The molecule has 2 rings (SSSR count). The van der Waals surface area contributed by atoms with Gasteiger partial charge in [0, 0.05) is 17.7 Å². The molecule has 0 bridgehead atoms. The second kappa shape index (κ2) is 5.66. The Hall–Kier alpha value is -1.40. The van der Waals surface area contributed by atoms with Crippen LogP contribution >= 0.6 is 0 Å². The highest BCUT2D eigenvalue weighted by Gasteiger charge is 2.34. The molecule has 0 saturated heterocycles. The third-order valence-electron chi connectivity index (χ3n) is 3.96. The van der Waals surface area contributed by atoms with Crippen molar-refractivity contribution in [3.8, 4) is 0 Å². The number of fused-ring (bicyclic) bond motifs is 1. The molecule has 120 valence electrons. The van der Waals surface area contributed by atoms with Gasteiger partial charge in [-0.2, -0.15) is 0 Å². The predicted octanol–water partition coefficient (Wildman–Crippen LogP) is 3.92. The largest absolute Gasteiger partial charge is 0.591 e. The summed E-state index contributed by atoms with van der Waals surface area (Å²) < 4.78 is 16.2. The lowest BCUT2D eigenvalue weighted by Gasteiger charge is -2.33. The number of hydrogen-bond acceptors (Lipinski definition) is 4. The van der Waals surface area contributed by atoms with E-state index in [4.69, 9.17) is 0 Å². The third-order valence-corrected chi connectivity index (χ3v) is 5.39. The number of nitro groups is 1. The maximum Gasteiger partial charge on any atom is 0.270 e. The molecule has 6 heteroatoms. The number of nitrogens with zero attached hydrogens (tertiary/aromatic N) is 2. The van der Waals surface area contributed by atoms with Crippen LogP contribution in [0.15, 0.2) is 22.6 Å². The zero-order valence-electron chi connectivity index (χ0n) is 13.7. The Morgan fingerprint density at radius 2 is 1.95 bits per heavy atom. The molecule has 0 amide bonds. The molecule has 0 saturated carbocycles. The molecule has 0 aliphatic heterocycles. The minimum Gasteiger partial charge on any atom is -0.591 e. The van der Waals surface area contributed by atoms with E-state index in [1.165, 1.54) is 6.07 Å². The molecule has 5 nitrogen and oxygen atoms in total. The van der Waals surface area contributed by atoms with Gasteiger partial charge in [0.15, 0.2) is 0 Å². The number of rotatable bonds is 2. The summed E-state index contributed by atoms with van der Waals surface area (Å²) in [6.07, 6.45) is 1.57. The fourth-order valence-corrected chi connectivity index (χ4v) is 3.17. The highest BCUT2D eigenvalue weighted by atomic mass is 32.2. The lowest BCUT2D eigenvalue weighted by molar-refractivity contribution is -0.384. The summed E-state index contributed by atoms with van der Waals surface area (Å²) in [5.74, 6) is 0. The minimum absolute atomic E-state index is 0.0469. The molecule has 0 N–H and O–H groups in total. The van der Waals surface area contributed by atoms with E-state index >= 15 is 0 Å². The van der Waals surface area contributed by atoms with Crippen molar-refractivity contribution in [2.24, 2.45) is 4.40 Å². The molecule has 0 radical (unpaired) electrons. The quantitative estimate of drug-likeness (QED) is 0.470. The van der Waals surface area contributed by atoms with Crippen molar-refractivity contribution in [1.29, 1.82) is 0 Å². The average Bonchev–Trinajstić information content (AvgIpc) is 2.40. The average molecular weight is 322 g/mol. The van der Waals surface area contributed by atoms with Crippen LogP contribution in [0.1, 0.15) is 58.6 Å². The van der Waals surface area contributed by atoms with Gasteiger partial charge in [-0.05, 0) is 44.6 Å². The van der Waals surface area contributed by atoms with Gasteiger partial charge >= 0.3 is 0 Å². The van der Waals surface area contributed by atoms with Gasteiger partial charge in [0.2, 0.25) is 0 Å². The van der Waals surface area contributed by atoms with Crippen LogP contribution in [0.4, 0.5) is 5.69 Å². The standard InChI is InChI=1S/C16H22N2O3S/c1-15(2,3)22(21)17-14-8-9-16(4,5)13-7-6-11(18(19)20)10-12(13)14/h6-7,10H,8-9H2,1-5H3/b17-14+. The van der Waals surface area contributed by atoms with Crippen LogP contribution in [0.3, 0.4) is 0 Å². The van der Waals surface area contributed by atoms with Crippen molar-refractivity contribution in [3.05, 3.63) is 39.4 Å². The van der Waals surface area contributed by atoms with E-state index in [-0.39, 0.29) is 11.1 Å². The summed E-state index contributed by atoms with van der Waals surface area (Å²) in [5.41, 5.74) is 2.50. The molecule has 1 atom stereocenters. The number of nitro benzene ring substituents is 1. The van der Waals surface area contributed by atoms with E-state index in [0.717, 1.165) is 17.5 Å². The van der Waals surface area contributed by atoms with Crippen LogP contribution < -0.4 is 0 Å². The van der Waals surface area contributed by atoms with Gasteiger partial charge < -0.3 is 4.55 Å². The van der Waals surface area contributed by atoms with Crippen LogP contribution in [-0.2, 0) is 16.8 Å². The smallest absolute Gasteiger partial charge is 0.270 e. The Bertz CT molecular complexity index is 633. The van der Waals surface area contributed by atoms with Gasteiger partial charge in [-0.25, -0.2) is 0 Å². The fraction of sp³-hybridized carbons (Fsp3) is 0.562. The molecule has 22 heavy (non-hydrogen) atoms. The Morgan fingerprint density at radius 3 is 2.50 bits per heavy atom. The van der Waals surface area contributed by atoms with Crippen molar-refractivity contribution >= 4 is 22.8 Å². The normalized spacial score (nSPS) is 20.5. The van der Waals surface area contributed by atoms with Crippen molar-refractivity contribution in [2.75, 3.05) is 0 Å². The molecular weight excluding hydrogens is 300 g/mol. The third kappa shape index (κ3) is 3.33. The first-order chi connectivity index (χ1) is 10.0. The summed E-state index contributed by atoms with van der Waals surface area (Å²) in [6.45, 7) is 9.85. The van der Waals surface area contributed by atoms with Crippen molar-refractivity contribution in [2.45, 2.75) is 57.6 Å². The molecular formula is C16H22N2O3S. The molecule has 0 aromatic heterocycles. The van der Waals surface area contributed by atoms with Gasteiger partial charge in [-0.15, -0.1) is 0 Å². The Morgan fingerprint density at radius 1 is 1.32 bits per heavy atom. The van der Waals surface area contributed by atoms with E-state index in [1.54, 1.807) is 6.07 Å². The van der Waals surface area contributed by atoms with E-state index in [0.29, 0.717) is 12.1 Å². The number of non-ortho nitro benzene ring substituents is 1. The summed E-state index contributed by atoms with van der Waals surface area (Å²) in [4.78, 5) is 10.6. The lowest BCUT2D eigenvalue weighted by Crippen LogP contribution is -2.31. The lowest BCUT2D eigenvalue weighted by atomic mass is 9.72. The summed E-state index contributed by atoms with van der Waals surface area (Å²) in [5, 5.41) is 11.0. The summed E-state index contributed by atoms with van der Waals surface area (Å²) >= 11 is -1.37. The fourth-order valence-electron chi connectivity index (χ4n) is 2.51. The zero-order chi connectivity index (χ0) is 16.7. The second-order valence-corrected chi connectivity index (χ2v) is 9.18. The summed E-state index contributed by atoms with van der Waals surface area (Å²) in [7, 11) is 0. The van der Waals surface area contributed by atoms with Gasteiger partial charge in [0.05, 0.1) is 10.6 Å². The van der Waals surface area contributed by atoms with E-state index in [1.807, 2.05) is 26.8 Å². The molecule has 0 heterocycles. The first-order valence-electron chi connectivity index (χ1n) is 7.31. The monoisotopic (exact) mass is 322 g/mol. The predicted molar refractivity (Wildman–Crippen MR) is 89.8 cm³/mol. The molecule has 1 aliphatic rings. The maximum absolute atomic E-state index is 12.3. The topological polar surface area (TPSA) is 78.6 Å². The minimum atomic E-state index is -1.37. The summed E-state index contributed by atoms with van der Waals surface area (Å²) in [6, 6.07) is 4.90. The highest BCUT2D eigenvalue weighted by Crippen LogP contribution is 2.39. The molecule has 0 fully saturated rings. The van der Waals surface area contributed by atoms with Crippen molar-refractivity contribution in [1.82, 2.24) is 0 Å². The van der Waals surface area contributed by atoms with Crippen LogP contribution in [0.5, 0.6) is 0 Å². The number of hydrogen-bond donors (Lipinski definition) is 0. The molecule has 0 spiro atoms. The SMILES string of the molecule is CC1(C)CC/C(=N\[S+]([O-])C(C)(C)C)c2cc([N+](=O)[O-])ccc21. The molecule has 1 unspecified atom stereocenters. The van der Waals surface area contributed by atoms with E-state index in [2.05, 4.69) is 18.2 Å². The molecule has 1 aromatic rings. The first kappa shape index (κ1) is 17.0. The van der Waals surface area contributed by atoms with Gasteiger partial charge in [0.1, 0.15) is 16.1 Å². The van der Waals surface area contributed by atoms with E-state index in [9.17, 15) is 14.7 Å². The van der Waals surface area contributed by atoms with Gasteiger partial charge in [-0.3, -0.25) is 10.1 Å². The van der Waals surface area contributed by atoms with E-state index < -0.39 is 21.0 Å². The van der Waals surface area contributed by atoms with Crippen LogP contribution in [0, 0.1) is 10.1 Å². The van der Waals surface area contributed by atoms with Crippen LogP contribution in [0.25, 0.3) is 0 Å². The van der Waals surface area contributed by atoms with Gasteiger partial charge in [-0.1, -0.05) is 24.3 Å². The Kier molecular flexibility index (Phi) is 4.37. The first-order valence-corrected chi connectivity index (χ1v) is 8.42. The van der Waals surface area contributed by atoms with Crippen LogP contribution in [-0.4, -0.2) is 19.9 Å². The van der Waals surface area contributed by atoms with Crippen molar-refractivity contribution in [3.63, 3.8) is 0 Å². The number of benzene rings is 1. The molecule has 1 aromatic carbocycles. The maximum atomic E-state index is 12.3. The second-order valence-electron chi connectivity index (χ2n) is 7.27. The van der Waals surface area contributed by atoms with Crippen LogP contribution in [0.2, 0.25) is 0 Å². The zero-order valence-corrected chi connectivity index (χ0v) is 14.5. The Labute approximate surface area is 134 Å². The van der Waals surface area contributed by atoms with Crippen molar-refractivity contribution < 1.29 is 9.48 Å².